The largest absolute Gasteiger partial charge is 0.309 e. The topological polar surface area (TPSA) is 30.7 Å². The molecular weight excluding hydrogens is 378 g/mol. The molecule has 3 heterocycles. The van der Waals surface area contributed by atoms with E-state index in [9.17, 15) is 0 Å². The molecule has 3 aromatic carbocycles. The highest BCUT2D eigenvalue weighted by molar-refractivity contribution is 6.11. The van der Waals surface area contributed by atoms with Gasteiger partial charge in [-0.05, 0) is 53.6 Å². The van der Waals surface area contributed by atoms with Crippen LogP contribution < -0.4 is 0 Å². The van der Waals surface area contributed by atoms with Crippen LogP contribution in [0.1, 0.15) is 0 Å². The molecule has 0 radical (unpaired) electrons. The van der Waals surface area contributed by atoms with Crippen LogP contribution in [0.4, 0.5) is 0 Å². The molecule has 0 saturated heterocycles. The van der Waals surface area contributed by atoms with Gasteiger partial charge in [0.05, 0.1) is 11.0 Å². The molecule has 0 saturated carbocycles. The minimum absolute atomic E-state index is 1.12. The Bertz CT molecular complexity index is 1500. The molecule has 0 bridgehead atoms. The van der Waals surface area contributed by atoms with Crippen LogP contribution in [0.3, 0.4) is 0 Å². The van der Waals surface area contributed by atoms with E-state index in [1.807, 2.05) is 36.9 Å². The second-order valence-electron chi connectivity index (χ2n) is 7.62. The van der Waals surface area contributed by atoms with Crippen molar-refractivity contribution in [3.05, 3.63) is 116 Å². The van der Waals surface area contributed by atoms with Crippen molar-refractivity contribution in [2.75, 3.05) is 0 Å². The Kier molecular flexibility index (Phi) is 4.10. The Balaban J connectivity index is 1.67. The normalized spacial score (nSPS) is 11.2. The summed E-state index contributed by atoms with van der Waals surface area (Å²) >= 11 is 0. The van der Waals surface area contributed by atoms with Crippen LogP contribution in [0.25, 0.3) is 49.7 Å². The minimum Gasteiger partial charge on any atom is -0.309 e. The molecule has 0 aliphatic carbocycles. The summed E-state index contributed by atoms with van der Waals surface area (Å²) in [5, 5.41) is 2.47. The van der Waals surface area contributed by atoms with Crippen molar-refractivity contribution in [3.8, 4) is 27.9 Å². The van der Waals surface area contributed by atoms with Crippen LogP contribution >= 0.6 is 0 Å². The first-order chi connectivity index (χ1) is 15.4. The van der Waals surface area contributed by atoms with E-state index in [2.05, 4.69) is 93.4 Å². The highest BCUT2D eigenvalue weighted by Crippen LogP contribution is 2.36. The Morgan fingerprint density at radius 2 is 1.16 bits per heavy atom. The summed E-state index contributed by atoms with van der Waals surface area (Å²) in [6.07, 6.45) is 7.45. The van der Waals surface area contributed by atoms with E-state index >= 15 is 0 Å². The molecule has 6 aromatic rings. The number of hydrogen-bond donors (Lipinski definition) is 0. The fourth-order valence-electron chi connectivity index (χ4n) is 4.30. The molecule has 0 amide bonds. The van der Waals surface area contributed by atoms with E-state index < -0.39 is 0 Å². The molecule has 0 aliphatic heterocycles. The number of benzene rings is 3. The first-order valence-corrected chi connectivity index (χ1v) is 10.3. The molecular formula is C28H19N3. The molecule has 0 unspecified atom stereocenters. The van der Waals surface area contributed by atoms with Crippen molar-refractivity contribution < 1.29 is 0 Å². The lowest BCUT2D eigenvalue weighted by atomic mass is 10.0. The minimum atomic E-state index is 1.12. The highest BCUT2D eigenvalue weighted by atomic mass is 15.0. The van der Waals surface area contributed by atoms with Crippen LogP contribution in [0.5, 0.6) is 0 Å². The second-order valence-corrected chi connectivity index (χ2v) is 7.62. The van der Waals surface area contributed by atoms with E-state index in [4.69, 9.17) is 0 Å². The molecule has 0 aliphatic rings. The summed E-state index contributed by atoms with van der Waals surface area (Å²) < 4.78 is 2.34. The van der Waals surface area contributed by atoms with Crippen molar-refractivity contribution in [1.29, 1.82) is 0 Å². The summed E-state index contributed by atoms with van der Waals surface area (Å²) in [4.78, 5) is 8.59. The lowest BCUT2D eigenvalue weighted by molar-refractivity contribution is 1.18. The third kappa shape index (κ3) is 2.99. The third-order valence-corrected chi connectivity index (χ3v) is 5.77. The Morgan fingerprint density at radius 3 is 1.84 bits per heavy atom. The van der Waals surface area contributed by atoms with Crippen molar-refractivity contribution in [1.82, 2.24) is 14.5 Å². The van der Waals surface area contributed by atoms with E-state index in [1.165, 1.54) is 27.4 Å². The summed E-state index contributed by atoms with van der Waals surface area (Å²) in [5.41, 5.74) is 8.10. The summed E-state index contributed by atoms with van der Waals surface area (Å²) in [5.74, 6) is 0. The van der Waals surface area contributed by atoms with E-state index in [-0.39, 0.29) is 0 Å². The van der Waals surface area contributed by atoms with Gasteiger partial charge in [0.1, 0.15) is 0 Å². The quantitative estimate of drug-likeness (QED) is 0.325. The zero-order valence-electron chi connectivity index (χ0n) is 16.8. The number of para-hydroxylation sites is 1. The number of hydrogen-bond acceptors (Lipinski definition) is 2. The molecule has 3 aromatic heterocycles. The maximum Gasteiger partial charge on any atom is 0.0547 e. The molecule has 0 N–H and O–H groups in total. The zero-order valence-corrected chi connectivity index (χ0v) is 16.8. The molecule has 0 spiro atoms. The predicted molar refractivity (Wildman–Crippen MR) is 127 cm³/mol. The first-order valence-electron chi connectivity index (χ1n) is 10.3. The molecule has 3 nitrogen and oxygen atoms in total. The molecule has 6 rings (SSSR count). The molecule has 0 fully saturated rings. The Hall–Kier alpha value is -4.24. The van der Waals surface area contributed by atoms with E-state index in [0.29, 0.717) is 0 Å². The number of pyridine rings is 2. The predicted octanol–water partition coefficient (Wildman–Crippen LogP) is 6.91. The molecule has 3 heteroatoms. The first kappa shape index (κ1) is 17.6. The molecule has 31 heavy (non-hydrogen) atoms. The van der Waals surface area contributed by atoms with Crippen molar-refractivity contribution >= 4 is 21.8 Å². The highest BCUT2D eigenvalue weighted by Gasteiger charge is 2.14. The Morgan fingerprint density at radius 1 is 0.484 bits per heavy atom. The molecule has 146 valence electrons. The monoisotopic (exact) mass is 397 g/mol. The van der Waals surface area contributed by atoms with Crippen molar-refractivity contribution in [2.45, 2.75) is 0 Å². The summed E-state index contributed by atoms with van der Waals surface area (Å²) in [7, 11) is 0. The maximum atomic E-state index is 4.30. The SMILES string of the molecule is c1ccc(-n2c3ccc(-c4cccnc4)cc3c3ccc(-c4cccnc4)cc32)cc1. The van der Waals surface area contributed by atoms with Gasteiger partial charge in [-0.15, -0.1) is 0 Å². The fraction of sp³-hybridized carbons (Fsp3) is 0. The number of rotatable bonds is 3. The average molecular weight is 397 g/mol. The third-order valence-electron chi connectivity index (χ3n) is 5.77. The van der Waals surface area contributed by atoms with Gasteiger partial charge in [0.15, 0.2) is 0 Å². The van der Waals surface area contributed by atoms with Crippen LogP contribution in [0.15, 0.2) is 116 Å². The van der Waals surface area contributed by atoms with Crippen LogP contribution in [0, 0.1) is 0 Å². The van der Waals surface area contributed by atoms with E-state index in [1.54, 1.807) is 0 Å². The van der Waals surface area contributed by atoms with E-state index in [0.717, 1.165) is 22.4 Å². The van der Waals surface area contributed by atoms with Gasteiger partial charge in [-0.3, -0.25) is 9.97 Å². The number of aromatic nitrogens is 3. The smallest absolute Gasteiger partial charge is 0.0547 e. The van der Waals surface area contributed by atoms with Gasteiger partial charge >= 0.3 is 0 Å². The zero-order chi connectivity index (χ0) is 20.6. The van der Waals surface area contributed by atoms with Gasteiger partial charge in [0.2, 0.25) is 0 Å². The van der Waals surface area contributed by atoms with Gasteiger partial charge in [-0.1, -0.05) is 48.5 Å². The van der Waals surface area contributed by atoms with Crippen LogP contribution in [0.2, 0.25) is 0 Å². The van der Waals surface area contributed by atoms with Gasteiger partial charge in [-0.2, -0.15) is 0 Å². The second kappa shape index (κ2) is 7.22. The lowest BCUT2D eigenvalue weighted by Gasteiger charge is -2.09. The average Bonchev–Trinajstić information content (AvgIpc) is 3.18. The Labute approximate surface area is 180 Å². The van der Waals surface area contributed by atoms with Crippen molar-refractivity contribution in [3.63, 3.8) is 0 Å². The fourth-order valence-corrected chi connectivity index (χ4v) is 4.30. The van der Waals surface area contributed by atoms with Gasteiger partial charge in [-0.25, -0.2) is 0 Å². The maximum absolute atomic E-state index is 4.30. The summed E-state index contributed by atoms with van der Waals surface area (Å²) in [6, 6.07) is 32.1. The number of fused-ring (bicyclic) bond motifs is 3. The van der Waals surface area contributed by atoms with Crippen LogP contribution in [-0.2, 0) is 0 Å². The number of nitrogens with zero attached hydrogens (tertiary/aromatic N) is 3. The van der Waals surface area contributed by atoms with Gasteiger partial charge in [0, 0.05) is 52.4 Å². The summed E-state index contributed by atoms with van der Waals surface area (Å²) in [6.45, 7) is 0. The lowest BCUT2D eigenvalue weighted by Crippen LogP contribution is -1.93. The standard InChI is InChI=1S/C28H19N3/c1-2-8-24(9-3-1)31-27-13-11-20(22-6-4-14-29-18-22)16-26(27)25-12-10-21(17-28(25)31)23-7-5-15-30-19-23/h1-19H. The molecule has 0 atom stereocenters. The van der Waals surface area contributed by atoms with Crippen molar-refractivity contribution in [2.24, 2.45) is 0 Å². The van der Waals surface area contributed by atoms with Crippen LogP contribution in [-0.4, -0.2) is 14.5 Å². The van der Waals surface area contributed by atoms with Gasteiger partial charge in [0.25, 0.3) is 0 Å². The van der Waals surface area contributed by atoms with Gasteiger partial charge < -0.3 is 4.57 Å².